The quantitative estimate of drug-likeness (QED) is 0.761. The summed E-state index contributed by atoms with van der Waals surface area (Å²) in [6, 6.07) is 10.0. The summed E-state index contributed by atoms with van der Waals surface area (Å²) in [6.07, 6.45) is 3.28. The highest BCUT2D eigenvalue weighted by molar-refractivity contribution is 7.89. The molecule has 1 atom stereocenters. The smallest absolute Gasteiger partial charge is 0.413 e. The summed E-state index contributed by atoms with van der Waals surface area (Å²) >= 11 is 0. The van der Waals surface area contributed by atoms with Crippen LogP contribution in [0.5, 0.6) is 0 Å². The van der Waals surface area contributed by atoms with Gasteiger partial charge in [-0.05, 0) is 58.7 Å². The van der Waals surface area contributed by atoms with Gasteiger partial charge in [-0.2, -0.15) is 4.31 Å². The number of rotatable bonds is 4. The highest BCUT2D eigenvalue weighted by atomic mass is 32.2. The minimum atomic E-state index is -3.69. The minimum Gasteiger partial charge on any atom is -0.444 e. The van der Waals surface area contributed by atoms with Crippen LogP contribution in [-0.4, -0.2) is 35.9 Å². The van der Waals surface area contributed by atoms with Crippen LogP contribution in [0, 0.1) is 6.92 Å². The Bertz CT molecular complexity index is 998. The molecule has 0 radical (unpaired) electrons. The SMILES string of the molecule is Cc1ccc(S(=O)(=O)N2CCCC[C@H]2c2cccnc2NC(=O)OC(C)(C)C)cc1. The topological polar surface area (TPSA) is 88.6 Å². The highest BCUT2D eigenvalue weighted by Gasteiger charge is 2.36. The lowest BCUT2D eigenvalue weighted by Crippen LogP contribution is -2.39. The van der Waals surface area contributed by atoms with E-state index in [1.54, 1.807) is 57.3 Å². The molecule has 1 fully saturated rings. The number of hydrogen-bond acceptors (Lipinski definition) is 5. The van der Waals surface area contributed by atoms with Gasteiger partial charge in [0.2, 0.25) is 10.0 Å². The van der Waals surface area contributed by atoms with Gasteiger partial charge in [0.05, 0.1) is 10.9 Å². The lowest BCUT2D eigenvalue weighted by atomic mass is 9.98. The van der Waals surface area contributed by atoms with E-state index in [-0.39, 0.29) is 4.90 Å². The van der Waals surface area contributed by atoms with Crippen molar-refractivity contribution in [3.05, 3.63) is 53.7 Å². The number of aryl methyl sites for hydroxylation is 1. The van der Waals surface area contributed by atoms with Gasteiger partial charge in [-0.1, -0.05) is 30.2 Å². The Balaban J connectivity index is 1.93. The van der Waals surface area contributed by atoms with Crippen LogP contribution in [0.4, 0.5) is 10.6 Å². The summed E-state index contributed by atoms with van der Waals surface area (Å²) in [5.74, 6) is 0.322. The fourth-order valence-electron chi connectivity index (χ4n) is 3.54. The zero-order chi connectivity index (χ0) is 21.9. The van der Waals surface area contributed by atoms with Gasteiger partial charge in [0.25, 0.3) is 0 Å². The van der Waals surface area contributed by atoms with Crippen molar-refractivity contribution < 1.29 is 17.9 Å². The number of amides is 1. The Morgan fingerprint density at radius 1 is 1.17 bits per heavy atom. The first-order valence-electron chi connectivity index (χ1n) is 10.1. The molecule has 8 heteroatoms. The Labute approximate surface area is 178 Å². The number of pyridine rings is 1. The van der Waals surface area contributed by atoms with Crippen LogP contribution in [0.1, 0.15) is 57.2 Å². The molecule has 3 rings (SSSR count). The van der Waals surface area contributed by atoms with Crippen molar-refractivity contribution >= 4 is 21.9 Å². The number of aromatic nitrogens is 1. The number of hydrogen-bond donors (Lipinski definition) is 1. The van der Waals surface area contributed by atoms with E-state index in [4.69, 9.17) is 4.74 Å². The first-order chi connectivity index (χ1) is 14.1. The van der Waals surface area contributed by atoms with E-state index in [2.05, 4.69) is 10.3 Å². The van der Waals surface area contributed by atoms with Gasteiger partial charge in [-0.15, -0.1) is 0 Å². The van der Waals surface area contributed by atoms with Crippen LogP contribution in [0.25, 0.3) is 0 Å². The van der Waals surface area contributed by atoms with Gasteiger partial charge in [-0.25, -0.2) is 18.2 Å². The molecular formula is C22H29N3O4S. The standard InChI is InChI=1S/C22H29N3O4S/c1-16-10-12-17(13-11-16)30(27,28)25-15-6-5-9-19(25)18-8-7-14-23-20(18)24-21(26)29-22(2,3)4/h7-8,10-14,19H,5-6,9,15H2,1-4H3,(H,23,24,26)/t19-/m0/s1. The van der Waals surface area contributed by atoms with Crippen LogP contribution < -0.4 is 5.32 Å². The number of carbonyl (C=O) groups is 1. The predicted molar refractivity (Wildman–Crippen MR) is 116 cm³/mol. The maximum Gasteiger partial charge on any atom is 0.413 e. The van der Waals surface area contributed by atoms with Crippen molar-refractivity contribution in [3.8, 4) is 0 Å². The summed E-state index contributed by atoms with van der Waals surface area (Å²) in [7, 11) is -3.69. The first kappa shape index (κ1) is 22.2. The molecule has 0 spiro atoms. The van der Waals surface area contributed by atoms with Gasteiger partial charge in [0, 0.05) is 18.3 Å². The molecule has 0 aliphatic carbocycles. The maximum atomic E-state index is 13.4. The number of carbonyl (C=O) groups excluding carboxylic acids is 1. The molecule has 0 bridgehead atoms. The Hall–Kier alpha value is -2.45. The van der Waals surface area contributed by atoms with Crippen molar-refractivity contribution in [1.82, 2.24) is 9.29 Å². The van der Waals surface area contributed by atoms with Crippen molar-refractivity contribution in [2.24, 2.45) is 0 Å². The molecule has 0 unspecified atom stereocenters. The number of ether oxygens (including phenoxy) is 1. The number of nitrogens with zero attached hydrogens (tertiary/aromatic N) is 2. The second kappa shape index (κ2) is 8.73. The molecule has 0 saturated carbocycles. The molecule has 1 aromatic carbocycles. The van der Waals surface area contributed by atoms with Crippen molar-refractivity contribution in [2.75, 3.05) is 11.9 Å². The first-order valence-corrected chi connectivity index (χ1v) is 11.6. The molecule has 1 aliphatic rings. The van der Waals surface area contributed by atoms with E-state index in [0.717, 1.165) is 18.4 Å². The van der Waals surface area contributed by atoms with E-state index in [1.165, 1.54) is 4.31 Å². The van der Waals surface area contributed by atoms with Gasteiger partial charge in [0.1, 0.15) is 11.4 Å². The predicted octanol–water partition coefficient (Wildman–Crippen LogP) is 4.65. The summed E-state index contributed by atoms with van der Waals surface area (Å²) in [5, 5.41) is 2.69. The van der Waals surface area contributed by atoms with Crippen molar-refractivity contribution in [1.29, 1.82) is 0 Å². The van der Waals surface area contributed by atoms with Gasteiger partial charge in [-0.3, -0.25) is 5.32 Å². The third kappa shape index (κ3) is 5.17. The largest absolute Gasteiger partial charge is 0.444 e. The summed E-state index contributed by atoms with van der Waals surface area (Å²) in [5.41, 5.74) is 1.02. The van der Waals surface area contributed by atoms with Crippen LogP contribution >= 0.6 is 0 Å². The maximum absolute atomic E-state index is 13.4. The van der Waals surface area contributed by atoms with E-state index in [1.807, 2.05) is 13.0 Å². The monoisotopic (exact) mass is 431 g/mol. The van der Waals surface area contributed by atoms with Crippen molar-refractivity contribution in [2.45, 2.75) is 63.5 Å². The Morgan fingerprint density at radius 2 is 1.87 bits per heavy atom. The van der Waals surface area contributed by atoms with Crippen molar-refractivity contribution in [3.63, 3.8) is 0 Å². The van der Waals surface area contributed by atoms with Gasteiger partial charge in [0.15, 0.2) is 0 Å². The molecule has 2 aromatic rings. The van der Waals surface area contributed by atoms with E-state index < -0.39 is 27.8 Å². The van der Waals surface area contributed by atoms with Gasteiger partial charge < -0.3 is 4.74 Å². The summed E-state index contributed by atoms with van der Waals surface area (Å²) in [4.78, 5) is 16.9. The lowest BCUT2D eigenvalue weighted by molar-refractivity contribution is 0.0635. The number of benzene rings is 1. The van der Waals surface area contributed by atoms with E-state index >= 15 is 0 Å². The summed E-state index contributed by atoms with van der Waals surface area (Å²) < 4.78 is 33.7. The third-order valence-electron chi connectivity index (χ3n) is 4.90. The molecule has 7 nitrogen and oxygen atoms in total. The lowest BCUT2D eigenvalue weighted by Gasteiger charge is -2.35. The van der Waals surface area contributed by atoms with Crippen LogP contribution in [0.2, 0.25) is 0 Å². The second-order valence-electron chi connectivity index (χ2n) is 8.51. The molecule has 1 amide bonds. The zero-order valence-electron chi connectivity index (χ0n) is 17.9. The van der Waals surface area contributed by atoms with Crippen LogP contribution in [0.3, 0.4) is 0 Å². The molecule has 162 valence electrons. The zero-order valence-corrected chi connectivity index (χ0v) is 18.7. The fraction of sp³-hybridized carbons (Fsp3) is 0.455. The molecule has 1 aliphatic heterocycles. The van der Waals surface area contributed by atoms with Crippen LogP contribution in [0.15, 0.2) is 47.5 Å². The number of nitrogens with one attached hydrogen (secondary N) is 1. The third-order valence-corrected chi connectivity index (χ3v) is 6.82. The molecular weight excluding hydrogens is 402 g/mol. The minimum absolute atomic E-state index is 0.269. The number of sulfonamides is 1. The Morgan fingerprint density at radius 3 is 2.53 bits per heavy atom. The van der Waals surface area contributed by atoms with E-state index in [9.17, 15) is 13.2 Å². The normalized spacial score (nSPS) is 18.1. The molecule has 1 saturated heterocycles. The molecule has 30 heavy (non-hydrogen) atoms. The molecule has 2 heterocycles. The molecule has 1 aromatic heterocycles. The van der Waals surface area contributed by atoms with E-state index in [0.29, 0.717) is 24.3 Å². The van der Waals surface area contributed by atoms with Gasteiger partial charge >= 0.3 is 6.09 Å². The van der Waals surface area contributed by atoms with Crippen LogP contribution in [-0.2, 0) is 14.8 Å². The number of anilines is 1. The average molecular weight is 432 g/mol. The highest BCUT2D eigenvalue weighted by Crippen LogP contribution is 2.38. The molecule has 1 N–H and O–H groups in total. The fourth-order valence-corrected chi connectivity index (χ4v) is 5.21. The average Bonchev–Trinajstić information content (AvgIpc) is 2.67. The Kier molecular flexibility index (Phi) is 6.47. The summed E-state index contributed by atoms with van der Waals surface area (Å²) in [6.45, 7) is 7.68. The number of piperidine rings is 1. The second-order valence-corrected chi connectivity index (χ2v) is 10.4.